The minimum Gasteiger partial charge on any atom is -0.497 e. The highest BCUT2D eigenvalue weighted by atomic mass is 16.5. The number of rotatable bonds is 6. The third-order valence-corrected chi connectivity index (χ3v) is 6.58. The lowest BCUT2D eigenvalue weighted by Crippen LogP contribution is -2.40. The first kappa shape index (κ1) is 22.5. The number of aryl methyl sites for hydroxylation is 1. The van der Waals surface area contributed by atoms with Gasteiger partial charge in [-0.2, -0.15) is 0 Å². The van der Waals surface area contributed by atoms with Gasteiger partial charge in [-0.05, 0) is 50.4 Å². The van der Waals surface area contributed by atoms with Gasteiger partial charge in [0.05, 0.1) is 18.8 Å². The molecule has 2 aromatic rings. The second-order valence-corrected chi connectivity index (χ2v) is 9.16. The maximum absolute atomic E-state index is 13.3. The van der Waals surface area contributed by atoms with Gasteiger partial charge in [-0.15, -0.1) is 0 Å². The van der Waals surface area contributed by atoms with Gasteiger partial charge >= 0.3 is 0 Å². The number of anilines is 1. The summed E-state index contributed by atoms with van der Waals surface area (Å²) in [4.78, 5) is 29.7. The molecule has 0 radical (unpaired) electrons. The van der Waals surface area contributed by atoms with Crippen LogP contribution in [0.15, 0.2) is 24.3 Å². The Kier molecular flexibility index (Phi) is 6.94. The van der Waals surface area contributed by atoms with Crippen molar-refractivity contribution in [1.82, 2.24) is 19.8 Å². The number of piperidine rings is 1. The van der Waals surface area contributed by atoms with E-state index in [0.717, 1.165) is 80.4 Å². The van der Waals surface area contributed by atoms with Crippen LogP contribution in [0.5, 0.6) is 5.75 Å². The summed E-state index contributed by atoms with van der Waals surface area (Å²) < 4.78 is 5.23. The molecule has 3 heterocycles. The quantitative estimate of drug-likeness (QED) is 0.692. The Labute approximate surface area is 191 Å². The van der Waals surface area contributed by atoms with Crippen LogP contribution in [-0.4, -0.2) is 67.0 Å². The lowest BCUT2D eigenvalue weighted by molar-refractivity contribution is -0.135. The fraction of sp³-hybridized carbons (Fsp3) is 0.560. The third kappa shape index (κ3) is 4.88. The first-order valence-corrected chi connectivity index (χ1v) is 11.6. The van der Waals surface area contributed by atoms with Gasteiger partial charge < -0.3 is 19.4 Å². The Morgan fingerprint density at radius 3 is 2.66 bits per heavy atom. The second kappa shape index (κ2) is 9.86. The standard InChI is InChI=1S/C25H35N5O2/c1-28(2)25-20-17-29(3)16-14-21(20)26-24(27-25)22-7-5-6-15-30(22)23(31)13-10-18-8-11-19(32-4)12-9-18/h8-9,11-12,22H,5-7,10,13-17H2,1-4H3/t22-/m1/s1. The van der Waals surface area contributed by atoms with Crippen LogP contribution < -0.4 is 9.64 Å². The van der Waals surface area contributed by atoms with E-state index in [2.05, 4.69) is 16.8 Å². The van der Waals surface area contributed by atoms with Crippen molar-refractivity contribution >= 4 is 11.7 Å². The monoisotopic (exact) mass is 437 g/mol. The molecule has 0 saturated carbocycles. The Hall–Kier alpha value is -2.67. The number of fused-ring (bicyclic) bond motifs is 1. The van der Waals surface area contributed by atoms with Crippen molar-refractivity contribution in [3.63, 3.8) is 0 Å². The van der Waals surface area contributed by atoms with Crippen molar-refractivity contribution < 1.29 is 9.53 Å². The van der Waals surface area contributed by atoms with Crippen molar-refractivity contribution in [3.05, 3.63) is 46.9 Å². The van der Waals surface area contributed by atoms with E-state index in [1.807, 2.05) is 43.3 Å². The minimum absolute atomic E-state index is 0.0317. The highest BCUT2D eigenvalue weighted by Crippen LogP contribution is 2.33. The van der Waals surface area contributed by atoms with E-state index in [1.165, 1.54) is 5.56 Å². The van der Waals surface area contributed by atoms with Gasteiger partial charge in [0.15, 0.2) is 5.82 Å². The molecule has 7 heteroatoms. The topological polar surface area (TPSA) is 61.8 Å². The fourth-order valence-corrected chi connectivity index (χ4v) is 4.75. The summed E-state index contributed by atoms with van der Waals surface area (Å²) in [5.74, 6) is 2.84. The summed E-state index contributed by atoms with van der Waals surface area (Å²) in [6.07, 6.45) is 5.24. The Morgan fingerprint density at radius 2 is 1.94 bits per heavy atom. The van der Waals surface area contributed by atoms with Gasteiger partial charge in [0, 0.05) is 52.1 Å². The van der Waals surface area contributed by atoms with Crippen molar-refractivity contribution in [1.29, 1.82) is 0 Å². The van der Waals surface area contributed by atoms with Gasteiger partial charge in [-0.25, -0.2) is 9.97 Å². The van der Waals surface area contributed by atoms with E-state index in [9.17, 15) is 4.79 Å². The van der Waals surface area contributed by atoms with Gasteiger partial charge in [0.2, 0.25) is 5.91 Å². The molecule has 1 aromatic carbocycles. The average molecular weight is 438 g/mol. The Balaban J connectivity index is 1.53. The minimum atomic E-state index is -0.0317. The van der Waals surface area contributed by atoms with Crippen LogP contribution in [0.25, 0.3) is 0 Å². The molecule has 0 bridgehead atoms. The van der Waals surface area contributed by atoms with Gasteiger partial charge in [0.1, 0.15) is 11.6 Å². The molecule has 0 spiro atoms. The molecule has 2 aliphatic heterocycles. The first-order chi connectivity index (χ1) is 15.5. The smallest absolute Gasteiger partial charge is 0.223 e. The maximum atomic E-state index is 13.3. The number of aromatic nitrogens is 2. The number of likely N-dealkylation sites (N-methyl/N-ethyl adjacent to an activating group) is 1. The lowest BCUT2D eigenvalue weighted by Gasteiger charge is -2.36. The van der Waals surface area contributed by atoms with Crippen LogP contribution in [0.1, 0.15) is 54.4 Å². The summed E-state index contributed by atoms with van der Waals surface area (Å²) in [5.41, 5.74) is 3.52. The lowest BCUT2D eigenvalue weighted by atomic mass is 9.99. The molecular weight excluding hydrogens is 402 g/mol. The Morgan fingerprint density at radius 1 is 1.16 bits per heavy atom. The van der Waals surface area contributed by atoms with E-state index in [-0.39, 0.29) is 11.9 Å². The third-order valence-electron chi connectivity index (χ3n) is 6.58. The number of amides is 1. The molecule has 32 heavy (non-hydrogen) atoms. The number of carbonyl (C=O) groups excluding carboxylic acids is 1. The summed E-state index contributed by atoms with van der Waals surface area (Å²) in [7, 11) is 7.89. The maximum Gasteiger partial charge on any atom is 0.223 e. The first-order valence-electron chi connectivity index (χ1n) is 11.6. The summed E-state index contributed by atoms with van der Waals surface area (Å²) in [5, 5.41) is 0. The zero-order chi connectivity index (χ0) is 22.7. The zero-order valence-electron chi connectivity index (χ0n) is 19.8. The molecule has 0 aliphatic carbocycles. The molecule has 2 aliphatic rings. The fourth-order valence-electron chi connectivity index (χ4n) is 4.75. The van der Waals surface area contributed by atoms with Crippen LogP contribution in [0.3, 0.4) is 0 Å². The number of methoxy groups -OCH3 is 1. The van der Waals surface area contributed by atoms with Crippen molar-refractivity contribution in [2.75, 3.05) is 46.2 Å². The van der Waals surface area contributed by atoms with E-state index in [0.29, 0.717) is 6.42 Å². The molecule has 1 atom stereocenters. The SMILES string of the molecule is COc1ccc(CCC(=O)N2CCCC[C@@H]2c2nc3c(c(N(C)C)n2)CN(C)CC3)cc1. The predicted octanol–water partition coefficient (Wildman–Crippen LogP) is 3.23. The van der Waals surface area contributed by atoms with E-state index in [1.54, 1.807) is 7.11 Å². The number of hydrogen-bond donors (Lipinski definition) is 0. The molecule has 4 rings (SSSR count). The van der Waals surface area contributed by atoms with E-state index >= 15 is 0 Å². The van der Waals surface area contributed by atoms with E-state index in [4.69, 9.17) is 14.7 Å². The molecule has 7 nitrogen and oxygen atoms in total. The van der Waals surface area contributed by atoms with Crippen LogP contribution in [-0.2, 0) is 24.2 Å². The number of ether oxygens (including phenoxy) is 1. The number of hydrogen-bond acceptors (Lipinski definition) is 6. The number of carbonyl (C=O) groups is 1. The van der Waals surface area contributed by atoms with Gasteiger partial charge in [-0.1, -0.05) is 12.1 Å². The highest BCUT2D eigenvalue weighted by molar-refractivity contribution is 5.77. The molecule has 1 aromatic heterocycles. The molecule has 1 fully saturated rings. The predicted molar refractivity (Wildman–Crippen MR) is 126 cm³/mol. The van der Waals surface area contributed by atoms with Gasteiger partial charge in [0.25, 0.3) is 0 Å². The van der Waals surface area contributed by atoms with Crippen molar-refractivity contribution in [3.8, 4) is 5.75 Å². The number of benzene rings is 1. The Bertz CT molecular complexity index is 944. The number of nitrogens with zero attached hydrogens (tertiary/aromatic N) is 5. The molecule has 172 valence electrons. The van der Waals surface area contributed by atoms with Crippen molar-refractivity contribution in [2.45, 2.75) is 51.1 Å². The van der Waals surface area contributed by atoms with Gasteiger partial charge in [-0.3, -0.25) is 4.79 Å². The van der Waals surface area contributed by atoms with Crippen LogP contribution in [0.2, 0.25) is 0 Å². The number of likely N-dealkylation sites (tertiary alicyclic amines) is 1. The zero-order valence-corrected chi connectivity index (χ0v) is 19.8. The summed E-state index contributed by atoms with van der Waals surface area (Å²) >= 11 is 0. The van der Waals surface area contributed by atoms with Crippen LogP contribution in [0, 0.1) is 0 Å². The normalized spacial score (nSPS) is 18.9. The average Bonchev–Trinajstić information content (AvgIpc) is 2.82. The van der Waals surface area contributed by atoms with Crippen LogP contribution in [0.4, 0.5) is 5.82 Å². The summed E-state index contributed by atoms with van der Waals surface area (Å²) in [6.45, 7) is 2.66. The second-order valence-electron chi connectivity index (χ2n) is 9.16. The molecule has 1 amide bonds. The summed E-state index contributed by atoms with van der Waals surface area (Å²) in [6, 6.07) is 7.94. The molecule has 0 N–H and O–H groups in total. The highest BCUT2D eigenvalue weighted by Gasteiger charge is 2.32. The largest absolute Gasteiger partial charge is 0.497 e. The molecule has 1 saturated heterocycles. The van der Waals surface area contributed by atoms with Crippen molar-refractivity contribution in [2.24, 2.45) is 0 Å². The van der Waals surface area contributed by atoms with E-state index < -0.39 is 0 Å². The molecule has 0 unspecified atom stereocenters. The van der Waals surface area contributed by atoms with Crippen LogP contribution >= 0.6 is 0 Å². The molecular formula is C25H35N5O2.